The predicted octanol–water partition coefficient (Wildman–Crippen LogP) is 7.73. The van der Waals surface area contributed by atoms with E-state index >= 15 is 0 Å². The first-order chi connectivity index (χ1) is 17.9. The number of hydrogen-bond donors (Lipinski definition) is 0. The van der Waals surface area contributed by atoms with Crippen molar-refractivity contribution in [2.75, 3.05) is 13.4 Å². The molecule has 2 atom stereocenters. The Morgan fingerprint density at radius 3 is 2.14 bits per heavy atom. The van der Waals surface area contributed by atoms with E-state index in [1.807, 2.05) is 67.6 Å². The van der Waals surface area contributed by atoms with Gasteiger partial charge in [0, 0.05) is 17.0 Å². The van der Waals surface area contributed by atoms with Crippen LogP contribution in [0.2, 0.25) is 0 Å². The molecular weight excluding hydrogens is 494 g/mol. The van der Waals surface area contributed by atoms with Crippen LogP contribution in [-0.4, -0.2) is 13.4 Å². The van der Waals surface area contributed by atoms with Crippen molar-refractivity contribution in [2.24, 2.45) is 5.92 Å². The van der Waals surface area contributed by atoms with E-state index in [4.69, 9.17) is 23.0 Å². The average molecular weight is 527 g/mol. The molecule has 0 saturated heterocycles. The van der Waals surface area contributed by atoms with Gasteiger partial charge in [0.2, 0.25) is 0 Å². The van der Waals surface area contributed by atoms with Crippen LogP contribution in [0.5, 0.6) is 11.5 Å². The summed E-state index contributed by atoms with van der Waals surface area (Å²) in [5.41, 5.74) is 3.14. The minimum Gasteiger partial charge on any atom is -0.489 e. The summed E-state index contributed by atoms with van der Waals surface area (Å²) in [6, 6.07) is 20.3. The zero-order valence-corrected chi connectivity index (χ0v) is 22.0. The van der Waals surface area contributed by atoms with Crippen molar-refractivity contribution in [3.05, 3.63) is 94.8 Å². The summed E-state index contributed by atoms with van der Waals surface area (Å²) in [6.07, 6.45) is 2.22. The monoisotopic (exact) mass is 526 g/mol. The van der Waals surface area contributed by atoms with Gasteiger partial charge < -0.3 is 9.47 Å². The lowest BCUT2D eigenvalue weighted by molar-refractivity contribution is 0.0432. The Morgan fingerprint density at radius 2 is 1.57 bits per heavy atom. The summed E-state index contributed by atoms with van der Waals surface area (Å²) in [6.45, 7) is 4.16. The van der Waals surface area contributed by atoms with Crippen LogP contribution in [-0.2, 0) is 31.4 Å². The van der Waals surface area contributed by atoms with E-state index in [1.54, 1.807) is 0 Å². The average Bonchev–Trinajstić information content (AvgIpc) is 3.70. The second-order valence-corrected chi connectivity index (χ2v) is 11.4. The van der Waals surface area contributed by atoms with Crippen molar-refractivity contribution in [1.82, 2.24) is 0 Å². The lowest BCUT2D eigenvalue weighted by Crippen LogP contribution is -2.11. The van der Waals surface area contributed by atoms with Crippen molar-refractivity contribution in [1.29, 1.82) is 0 Å². The molecule has 0 aromatic heterocycles. The fourth-order valence-corrected chi connectivity index (χ4v) is 5.63. The summed E-state index contributed by atoms with van der Waals surface area (Å²) in [7, 11) is -4.01. The first-order valence-electron chi connectivity index (χ1n) is 12.7. The topological polar surface area (TPSA) is 63.2 Å². The number of phosphoric acid groups is 1. The molecule has 0 radical (unpaired) electrons. The molecular formula is C29H32FO6P. The van der Waals surface area contributed by atoms with E-state index in [9.17, 15) is 8.96 Å². The van der Waals surface area contributed by atoms with Gasteiger partial charge in [-0.15, -0.1) is 0 Å². The van der Waals surface area contributed by atoms with Crippen LogP contribution < -0.4 is 9.47 Å². The first kappa shape index (κ1) is 25.9. The molecule has 1 aliphatic heterocycles. The normalized spacial score (nSPS) is 17.8. The zero-order chi connectivity index (χ0) is 25.8. The molecule has 0 spiro atoms. The van der Waals surface area contributed by atoms with Crippen molar-refractivity contribution >= 4 is 7.82 Å². The largest absolute Gasteiger partial charge is 0.489 e. The Labute approximate surface area is 217 Å². The van der Waals surface area contributed by atoms with Gasteiger partial charge in [-0.05, 0) is 41.9 Å². The van der Waals surface area contributed by atoms with Crippen LogP contribution in [0, 0.1) is 11.7 Å². The van der Waals surface area contributed by atoms with Crippen molar-refractivity contribution < 1.29 is 32.0 Å². The third-order valence-corrected chi connectivity index (χ3v) is 8.23. The quantitative estimate of drug-likeness (QED) is 0.178. The van der Waals surface area contributed by atoms with Crippen LogP contribution in [0.3, 0.4) is 0 Å². The number of phosphoric ester groups is 1. The van der Waals surface area contributed by atoms with Gasteiger partial charge in [0.25, 0.3) is 0 Å². The predicted molar refractivity (Wildman–Crippen MR) is 138 cm³/mol. The molecule has 6 nitrogen and oxygen atoms in total. The van der Waals surface area contributed by atoms with Crippen LogP contribution in [0.1, 0.15) is 60.8 Å². The minimum atomic E-state index is -4.01. The van der Waals surface area contributed by atoms with Crippen molar-refractivity contribution in [3.63, 3.8) is 0 Å². The van der Waals surface area contributed by atoms with Gasteiger partial charge in [0.1, 0.15) is 5.75 Å². The Morgan fingerprint density at radius 1 is 0.973 bits per heavy atom. The number of benzene rings is 3. The first-order valence-corrected chi connectivity index (χ1v) is 14.1. The summed E-state index contributed by atoms with van der Waals surface area (Å²) in [4.78, 5) is 0. The smallest absolute Gasteiger partial charge is 0.478 e. The van der Waals surface area contributed by atoms with Gasteiger partial charge >= 0.3 is 7.82 Å². The molecule has 196 valence electrons. The van der Waals surface area contributed by atoms with Gasteiger partial charge in [-0.25, -0.2) is 13.5 Å². The van der Waals surface area contributed by atoms with Gasteiger partial charge in [-0.2, -0.15) is 0 Å². The van der Waals surface area contributed by atoms with E-state index < -0.39 is 7.82 Å². The molecule has 1 heterocycles. The molecule has 1 saturated carbocycles. The highest BCUT2D eigenvalue weighted by molar-refractivity contribution is 7.48. The van der Waals surface area contributed by atoms with Crippen molar-refractivity contribution in [3.8, 4) is 11.5 Å². The molecule has 8 heteroatoms. The van der Waals surface area contributed by atoms with Crippen LogP contribution >= 0.6 is 7.82 Å². The van der Waals surface area contributed by atoms with Gasteiger partial charge in [0.15, 0.2) is 18.4 Å². The van der Waals surface area contributed by atoms with E-state index in [0.717, 1.165) is 29.5 Å². The number of halogens is 1. The van der Waals surface area contributed by atoms with E-state index in [0.29, 0.717) is 23.8 Å². The standard InChI is InChI=1S/C29H32FO6P/c1-20-16-32-29-26(30)15-25(21(2)24-13-14-24)28(27(20)29)33-19-36-37(31,34-17-22-9-5-3-6-10-22)35-18-23-11-7-4-8-12-23/h3-12,15,20-21,24H,13-14,16-19H2,1-2H3/t20-,21+/m1/s1. The highest BCUT2D eigenvalue weighted by Crippen LogP contribution is 2.53. The molecule has 0 amide bonds. The van der Waals surface area contributed by atoms with Crippen LogP contribution in [0.15, 0.2) is 66.7 Å². The summed E-state index contributed by atoms with van der Waals surface area (Å²) < 4.78 is 57.2. The number of ether oxygens (including phenoxy) is 2. The highest BCUT2D eigenvalue weighted by Gasteiger charge is 2.37. The van der Waals surface area contributed by atoms with E-state index in [2.05, 4.69) is 6.92 Å². The summed E-state index contributed by atoms with van der Waals surface area (Å²) in [5.74, 6) is 0.960. The minimum absolute atomic E-state index is 0.0404. The number of hydrogen-bond acceptors (Lipinski definition) is 6. The number of rotatable bonds is 12. The lowest BCUT2D eigenvalue weighted by atomic mass is 9.90. The Bertz CT molecular complexity index is 1200. The molecule has 1 fully saturated rings. The van der Waals surface area contributed by atoms with Crippen LogP contribution in [0.4, 0.5) is 4.39 Å². The Hall–Kier alpha value is -2.70. The van der Waals surface area contributed by atoms with Crippen molar-refractivity contribution in [2.45, 2.75) is 51.7 Å². The highest BCUT2D eigenvalue weighted by atomic mass is 31.2. The van der Waals surface area contributed by atoms with Gasteiger partial charge in [0.05, 0.1) is 19.8 Å². The molecule has 2 aliphatic rings. The van der Waals surface area contributed by atoms with Crippen LogP contribution in [0.25, 0.3) is 0 Å². The Balaban J connectivity index is 1.34. The maximum Gasteiger partial charge on any atom is 0.478 e. The molecule has 0 bridgehead atoms. The second kappa shape index (κ2) is 11.4. The fourth-order valence-electron chi connectivity index (χ4n) is 4.61. The van der Waals surface area contributed by atoms with E-state index in [-0.39, 0.29) is 43.4 Å². The van der Waals surface area contributed by atoms with Gasteiger partial charge in [-0.1, -0.05) is 74.5 Å². The third kappa shape index (κ3) is 6.24. The summed E-state index contributed by atoms with van der Waals surface area (Å²) in [5, 5.41) is 0. The molecule has 3 aromatic rings. The lowest BCUT2D eigenvalue weighted by Gasteiger charge is -2.22. The maximum absolute atomic E-state index is 14.9. The molecule has 37 heavy (non-hydrogen) atoms. The fraction of sp³-hybridized carbons (Fsp3) is 0.379. The SMILES string of the molecule is C[C@@H]1COc2c(F)cc([C@@H](C)C3CC3)c(OCOP(=O)(OCc3ccccc3)OCc3ccccc3)c21. The van der Waals surface area contributed by atoms with Gasteiger partial charge in [-0.3, -0.25) is 9.05 Å². The van der Waals surface area contributed by atoms with E-state index in [1.165, 1.54) is 6.07 Å². The third-order valence-electron chi connectivity index (χ3n) is 6.92. The molecule has 3 aromatic carbocycles. The Kier molecular flexibility index (Phi) is 7.96. The molecule has 0 N–H and O–H groups in total. The second-order valence-electron chi connectivity index (χ2n) is 9.71. The molecule has 1 aliphatic carbocycles. The molecule has 0 unspecified atom stereocenters. The maximum atomic E-state index is 14.9. The molecule has 5 rings (SSSR count). The summed E-state index contributed by atoms with van der Waals surface area (Å²) >= 11 is 0. The number of fused-ring (bicyclic) bond motifs is 1. The zero-order valence-electron chi connectivity index (χ0n) is 21.1.